The summed E-state index contributed by atoms with van der Waals surface area (Å²) in [4.78, 5) is 14.0. The molecule has 110 valence electrons. The van der Waals surface area contributed by atoms with E-state index in [0.29, 0.717) is 25.3 Å². The van der Waals surface area contributed by atoms with Crippen LogP contribution in [0.15, 0.2) is 54.6 Å². The lowest BCUT2D eigenvalue weighted by molar-refractivity contribution is -0.119. The molecule has 0 radical (unpaired) electrons. The van der Waals surface area contributed by atoms with Crippen LogP contribution in [0.1, 0.15) is 13.3 Å². The van der Waals surface area contributed by atoms with Crippen LogP contribution < -0.4 is 15.4 Å². The molecule has 21 heavy (non-hydrogen) atoms. The number of benzene rings is 2. The van der Waals surface area contributed by atoms with E-state index in [1.807, 2.05) is 49.4 Å². The number of para-hydroxylation sites is 1. The van der Waals surface area contributed by atoms with Crippen LogP contribution in [0.25, 0.3) is 0 Å². The molecule has 0 fully saturated rings. The van der Waals surface area contributed by atoms with Crippen LogP contribution in [-0.4, -0.2) is 19.1 Å². The summed E-state index contributed by atoms with van der Waals surface area (Å²) in [5, 5.41) is 0. The van der Waals surface area contributed by atoms with Gasteiger partial charge >= 0.3 is 0 Å². The van der Waals surface area contributed by atoms with Gasteiger partial charge in [-0.15, -0.1) is 0 Å². The summed E-state index contributed by atoms with van der Waals surface area (Å²) in [6.45, 7) is 2.94. The maximum absolute atomic E-state index is 12.3. The quantitative estimate of drug-likeness (QED) is 0.829. The number of nitrogens with two attached hydrogens (primary N) is 1. The van der Waals surface area contributed by atoms with Crippen LogP contribution in [0, 0.1) is 0 Å². The fourth-order valence-corrected chi connectivity index (χ4v) is 2.07. The molecular weight excluding hydrogens is 264 g/mol. The molecule has 1 amide bonds. The first-order valence-electron chi connectivity index (χ1n) is 7.04. The Morgan fingerprint density at radius 1 is 1.10 bits per heavy atom. The Bertz CT molecular complexity index is 567. The zero-order valence-corrected chi connectivity index (χ0v) is 12.2. The lowest BCUT2D eigenvalue weighted by Crippen LogP contribution is -2.31. The Balaban J connectivity index is 1.90. The number of carbonyl (C=O) groups is 1. The second-order valence-electron chi connectivity index (χ2n) is 4.64. The fourth-order valence-electron chi connectivity index (χ4n) is 2.07. The van der Waals surface area contributed by atoms with E-state index in [4.69, 9.17) is 10.5 Å². The molecule has 0 aliphatic heterocycles. The van der Waals surface area contributed by atoms with Crippen LogP contribution in [0.5, 0.6) is 5.75 Å². The summed E-state index contributed by atoms with van der Waals surface area (Å²) in [7, 11) is 0. The van der Waals surface area contributed by atoms with Crippen molar-refractivity contribution in [2.24, 2.45) is 0 Å². The minimum atomic E-state index is 0.0400. The van der Waals surface area contributed by atoms with E-state index in [1.165, 1.54) is 0 Å². The highest BCUT2D eigenvalue weighted by atomic mass is 16.5. The number of anilines is 2. The number of hydrogen-bond donors (Lipinski definition) is 1. The molecule has 0 aliphatic rings. The van der Waals surface area contributed by atoms with Gasteiger partial charge in [-0.25, -0.2) is 0 Å². The highest BCUT2D eigenvalue weighted by Crippen LogP contribution is 2.17. The molecule has 0 bridgehead atoms. The zero-order valence-electron chi connectivity index (χ0n) is 12.2. The summed E-state index contributed by atoms with van der Waals surface area (Å²) in [5.41, 5.74) is 7.21. The van der Waals surface area contributed by atoms with Crippen molar-refractivity contribution in [3.05, 3.63) is 54.6 Å². The average Bonchev–Trinajstić information content (AvgIpc) is 2.51. The van der Waals surface area contributed by atoms with Gasteiger partial charge in [-0.05, 0) is 43.3 Å². The predicted molar refractivity (Wildman–Crippen MR) is 85.4 cm³/mol. The lowest BCUT2D eigenvalue weighted by Gasteiger charge is -2.21. The fraction of sp³-hybridized carbons (Fsp3) is 0.235. The van der Waals surface area contributed by atoms with Crippen molar-refractivity contribution in [3.8, 4) is 5.75 Å². The van der Waals surface area contributed by atoms with Crippen molar-refractivity contribution in [1.82, 2.24) is 0 Å². The monoisotopic (exact) mass is 284 g/mol. The molecule has 2 N–H and O–H groups in total. The summed E-state index contributed by atoms with van der Waals surface area (Å²) in [5.74, 6) is 0.819. The lowest BCUT2D eigenvalue weighted by atomic mass is 10.2. The van der Waals surface area contributed by atoms with E-state index in [0.717, 1.165) is 11.4 Å². The van der Waals surface area contributed by atoms with E-state index >= 15 is 0 Å². The highest BCUT2D eigenvalue weighted by molar-refractivity contribution is 5.93. The molecule has 4 heteroatoms. The van der Waals surface area contributed by atoms with Crippen molar-refractivity contribution in [2.45, 2.75) is 13.3 Å². The number of ether oxygens (including phenoxy) is 1. The van der Waals surface area contributed by atoms with Crippen molar-refractivity contribution in [2.75, 3.05) is 23.8 Å². The van der Waals surface area contributed by atoms with Gasteiger partial charge in [0.1, 0.15) is 5.75 Å². The largest absolute Gasteiger partial charge is 0.493 e. The van der Waals surface area contributed by atoms with E-state index in [2.05, 4.69) is 0 Å². The summed E-state index contributed by atoms with van der Waals surface area (Å²) < 4.78 is 5.56. The molecule has 0 aliphatic carbocycles. The highest BCUT2D eigenvalue weighted by Gasteiger charge is 2.13. The first-order chi connectivity index (χ1) is 10.2. The van der Waals surface area contributed by atoms with Gasteiger partial charge in [0.2, 0.25) is 5.91 Å². The molecule has 0 saturated heterocycles. The third-order valence-corrected chi connectivity index (χ3v) is 3.15. The number of carbonyl (C=O) groups excluding carboxylic acids is 1. The molecule has 0 unspecified atom stereocenters. The van der Waals surface area contributed by atoms with Crippen LogP contribution >= 0.6 is 0 Å². The average molecular weight is 284 g/mol. The van der Waals surface area contributed by atoms with E-state index in [-0.39, 0.29) is 5.91 Å². The maximum atomic E-state index is 12.3. The molecule has 0 saturated carbocycles. The number of rotatable bonds is 6. The van der Waals surface area contributed by atoms with Gasteiger partial charge in [-0.2, -0.15) is 0 Å². The van der Waals surface area contributed by atoms with Crippen LogP contribution in [-0.2, 0) is 4.79 Å². The Labute approximate surface area is 125 Å². The number of amides is 1. The van der Waals surface area contributed by atoms with Gasteiger partial charge in [-0.3, -0.25) is 4.79 Å². The standard InChI is InChI=1S/C17H20N2O2/c1-2-19(15-10-8-14(18)9-11-15)17(20)12-13-21-16-6-4-3-5-7-16/h3-11H,2,12-13,18H2,1H3. The molecule has 0 spiro atoms. The summed E-state index contributed by atoms with van der Waals surface area (Å²) >= 11 is 0. The van der Waals surface area contributed by atoms with Crippen LogP contribution in [0.3, 0.4) is 0 Å². The molecule has 2 rings (SSSR count). The molecular formula is C17H20N2O2. The van der Waals surface area contributed by atoms with Crippen molar-refractivity contribution in [3.63, 3.8) is 0 Å². The maximum Gasteiger partial charge on any atom is 0.230 e. The first kappa shape index (κ1) is 14.9. The van der Waals surface area contributed by atoms with Gasteiger partial charge in [0.25, 0.3) is 0 Å². The Hall–Kier alpha value is -2.49. The number of hydrogen-bond acceptors (Lipinski definition) is 3. The second kappa shape index (κ2) is 7.33. The van der Waals surface area contributed by atoms with Gasteiger partial charge in [-0.1, -0.05) is 18.2 Å². The van der Waals surface area contributed by atoms with E-state index in [1.54, 1.807) is 17.0 Å². The Kier molecular flexibility index (Phi) is 5.21. The third kappa shape index (κ3) is 4.24. The first-order valence-corrected chi connectivity index (χ1v) is 7.04. The van der Waals surface area contributed by atoms with Gasteiger partial charge in [0, 0.05) is 17.9 Å². The molecule has 0 atom stereocenters. The third-order valence-electron chi connectivity index (χ3n) is 3.15. The zero-order chi connectivity index (χ0) is 15.1. The number of nitrogens with zero attached hydrogens (tertiary/aromatic N) is 1. The van der Waals surface area contributed by atoms with Gasteiger partial charge in [0.05, 0.1) is 13.0 Å². The molecule has 4 nitrogen and oxygen atoms in total. The smallest absolute Gasteiger partial charge is 0.230 e. The topological polar surface area (TPSA) is 55.6 Å². The molecule has 0 heterocycles. The summed E-state index contributed by atoms with van der Waals surface area (Å²) in [6.07, 6.45) is 0.340. The van der Waals surface area contributed by atoms with E-state index in [9.17, 15) is 4.79 Å². The minimum absolute atomic E-state index is 0.0400. The number of nitrogen functional groups attached to an aromatic ring is 1. The Morgan fingerprint density at radius 3 is 2.38 bits per heavy atom. The predicted octanol–water partition coefficient (Wildman–Crippen LogP) is 3.09. The molecule has 2 aromatic rings. The van der Waals surface area contributed by atoms with Gasteiger partial charge in [0.15, 0.2) is 0 Å². The van der Waals surface area contributed by atoms with E-state index < -0.39 is 0 Å². The van der Waals surface area contributed by atoms with Gasteiger partial charge < -0.3 is 15.4 Å². The molecule has 2 aromatic carbocycles. The van der Waals surface area contributed by atoms with Crippen molar-refractivity contribution in [1.29, 1.82) is 0 Å². The SMILES string of the molecule is CCN(C(=O)CCOc1ccccc1)c1ccc(N)cc1. The van der Waals surface area contributed by atoms with Crippen LogP contribution in [0.4, 0.5) is 11.4 Å². The second-order valence-corrected chi connectivity index (χ2v) is 4.64. The van der Waals surface area contributed by atoms with Crippen molar-refractivity contribution >= 4 is 17.3 Å². The molecule has 0 aromatic heterocycles. The minimum Gasteiger partial charge on any atom is -0.493 e. The normalized spacial score (nSPS) is 10.1. The summed E-state index contributed by atoms with van der Waals surface area (Å²) in [6, 6.07) is 16.8. The van der Waals surface area contributed by atoms with Crippen molar-refractivity contribution < 1.29 is 9.53 Å². The Morgan fingerprint density at radius 2 is 1.76 bits per heavy atom. The van der Waals surface area contributed by atoms with Crippen LogP contribution in [0.2, 0.25) is 0 Å².